The van der Waals surface area contributed by atoms with Crippen molar-refractivity contribution in [3.05, 3.63) is 53.2 Å². The molecule has 0 radical (unpaired) electrons. The highest BCUT2D eigenvalue weighted by atomic mass is 16.6. The maximum absolute atomic E-state index is 12.3. The first kappa shape index (κ1) is 22.0. The van der Waals surface area contributed by atoms with Gasteiger partial charge in [0.25, 0.3) is 0 Å². The number of hydrogen-bond donors (Lipinski definition) is 1. The highest BCUT2D eigenvalue weighted by Gasteiger charge is 2.26. The topological polar surface area (TPSA) is 87.7 Å². The zero-order chi connectivity index (χ0) is 22.3. The van der Waals surface area contributed by atoms with Crippen molar-refractivity contribution in [1.82, 2.24) is 20.4 Å². The van der Waals surface area contributed by atoms with E-state index in [2.05, 4.69) is 32.5 Å². The number of anilines is 1. The molecular weight excluding hydrogens is 406 g/mol. The minimum atomic E-state index is -0.277. The number of nitrogens with zero attached hydrogens (tertiary/aromatic N) is 4. The van der Waals surface area contributed by atoms with Crippen molar-refractivity contribution in [3.8, 4) is 0 Å². The number of aromatic nitrogens is 2. The number of hydrogen-bond acceptors (Lipinski definition) is 6. The van der Waals surface area contributed by atoms with Crippen LogP contribution in [0, 0.1) is 0 Å². The van der Waals surface area contributed by atoms with Crippen LogP contribution in [0.3, 0.4) is 0 Å². The number of rotatable bonds is 6. The smallest absolute Gasteiger partial charge is 0.410 e. The second-order valence-corrected chi connectivity index (χ2v) is 8.36. The highest BCUT2D eigenvalue weighted by Crippen LogP contribution is 2.23. The molecule has 8 heteroatoms. The first-order valence-electron chi connectivity index (χ1n) is 11.5. The van der Waals surface area contributed by atoms with E-state index in [1.807, 2.05) is 31.2 Å². The second kappa shape index (κ2) is 10.4. The molecule has 2 aromatic rings. The molecule has 0 aliphatic carbocycles. The number of fused-ring (bicyclic) bond motifs is 1. The minimum Gasteiger partial charge on any atom is -0.450 e. The van der Waals surface area contributed by atoms with Crippen molar-refractivity contribution in [2.24, 2.45) is 0 Å². The molecule has 1 aromatic heterocycles. The summed E-state index contributed by atoms with van der Waals surface area (Å²) in [5.74, 6) is 0.947. The van der Waals surface area contributed by atoms with Crippen molar-refractivity contribution in [1.29, 1.82) is 0 Å². The van der Waals surface area contributed by atoms with E-state index in [9.17, 15) is 9.59 Å². The van der Waals surface area contributed by atoms with Gasteiger partial charge in [-0.25, -0.2) is 4.79 Å². The lowest BCUT2D eigenvalue weighted by atomic mass is 10.0. The number of benzene rings is 1. The molecule has 8 nitrogen and oxygen atoms in total. The Labute approximate surface area is 188 Å². The summed E-state index contributed by atoms with van der Waals surface area (Å²) < 4.78 is 5.13. The van der Waals surface area contributed by atoms with E-state index in [0.29, 0.717) is 32.5 Å². The number of amides is 2. The Balaban J connectivity index is 1.27. The molecule has 2 amide bonds. The van der Waals surface area contributed by atoms with Gasteiger partial charge in [0, 0.05) is 38.5 Å². The maximum Gasteiger partial charge on any atom is 0.410 e. The lowest BCUT2D eigenvalue weighted by Crippen LogP contribution is -2.45. The Bertz CT molecular complexity index is 928. The van der Waals surface area contributed by atoms with Gasteiger partial charge in [-0.1, -0.05) is 30.3 Å². The van der Waals surface area contributed by atoms with Crippen molar-refractivity contribution in [2.75, 3.05) is 31.1 Å². The summed E-state index contributed by atoms with van der Waals surface area (Å²) in [7, 11) is 0. The Hall–Kier alpha value is -3.16. The van der Waals surface area contributed by atoms with Gasteiger partial charge in [0.2, 0.25) is 5.91 Å². The Morgan fingerprint density at radius 1 is 1.12 bits per heavy atom. The predicted octanol–water partition coefficient (Wildman–Crippen LogP) is 2.71. The Morgan fingerprint density at radius 3 is 2.66 bits per heavy atom. The molecule has 4 rings (SSSR count). The van der Waals surface area contributed by atoms with Crippen molar-refractivity contribution in [3.63, 3.8) is 0 Å². The number of carbonyl (C=O) groups is 2. The van der Waals surface area contributed by atoms with Crippen LogP contribution in [0.25, 0.3) is 0 Å². The van der Waals surface area contributed by atoms with Crippen LogP contribution in [0.2, 0.25) is 0 Å². The van der Waals surface area contributed by atoms with Crippen LogP contribution in [0.5, 0.6) is 0 Å². The average molecular weight is 438 g/mol. The van der Waals surface area contributed by atoms with Gasteiger partial charge in [-0.05, 0) is 43.4 Å². The molecule has 0 bridgehead atoms. The molecule has 0 saturated carbocycles. The minimum absolute atomic E-state index is 0.111. The zero-order valence-electron chi connectivity index (χ0n) is 18.6. The first-order valence-corrected chi connectivity index (χ1v) is 11.5. The Morgan fingerprint density at radius 2 is 1.91 bits per heavy atom. The van der Waals surface area contributed by atoms with Gasteiger partial charge in [0.1, 0.15) is 0 Å². The molecule has 0 atom stereocenters. The van der Waals surface area contributed by atoms with Crippen LogP contribution < -0.4 is 10.2 Å². The van der Waals surface area contributed by atoms with E-state index < -0.39 is 0 Å². The lowest BCUT2D eigenvalue weighted by molar-refractivity contribution is -0.121. The van der Waals surface area contributed by atoms with Crippen LogP contribution in [-0.4, -0.2) is 59.4 Å². The monoisotopic (exact) mass is 437 g/mol. The summed E-state index contributed by atoms with van der Waals surface area (Å²) >= 11 is 0. The summed E-state index contributed by atoms with van der Waals surface area (Å²) in [5.41, 5.74) is 3.17. The van der Waals surface area contributed by atoms with E-state index in [4.69, 9.17) is 4.74 Å². The van der Waals surface area contributed by atoms with E-state index >= 15 is 0 Å². The van der Waals surface area contributed by atoms with Crippen molar-refractivity contribution < 1.29 is 14.3 Å². The van der Waals surface area contributed by atoms with Crippen molar-refractivity contribution in [2.45, 2.75) is 51.6 Å². The van der Waals surface area contributed by atoms with Gasteiger partial charge in [0.05, 0.1) is 18.8 Å². The van der Waals surface area contributed by atoms with Gasteiger partial charge in [-0.2, -0.15) is 5.10 Å². The van der Waals surface area contributed by atoms with Gasteiger partial charge >= 0.3 is 6.09 Å². The predicted molar refractivity (Wildman–Crippen MR) is 121 cm³/mol. The van der Waals surface area contributed by atoms with Crippen LogP contribution in [0.15, 0.2) is 36.4 Å². The van der Waals surface area contributed by atoms with Gasteiger partial charge in [-0.3, -0.25) is 4.79 Å². The normalized spacial score (nSPS) is 16.4. The summed E-state index contributed by atoms with van der Waals surface area (Å²) in [6, 6.07) is 12.3. The fourth-order valence-electron chi connectivity index (χ4n) is 4.30. The van der Waals surface area contributed by atoms with Gasteiger partial charge < -0.3 is 19.9 Å². The third kappa shape index (κ3) is 5.55. The first-order chi connectivity index (χ1) is 15.6. The molecule has 1 aromatic carbocycles. The van der Waals surface area contributed by atoms with Gasteiger partial charge in [-0.15, -0.1) is 5.10 Å². The van der Waals surface area contributed by atoms with Crippen LogP contribution in [0.4, 0.5) is 10.6 Å². The third-order valence-electron chi connectivity index (χ3n) is 6.12. The fraction of sp³-hybridized carbons (Fsp3) is 0.500. The van der Waals surface area contributed by atoms with Gasteiger partial charge in [0.15, 0.2) is 5.82 Å². The largest absolute Gasteiger partial charge is 0.450 e. The summed E-state index contributed by atoms with van der Waals surface area (Å²) in [6.45, 7) is 4.94. The highest BCUT2D eigenvalue weighted by molar-refractivity contribution is 5.76. The lowest BCUT2D eigenvalue weighted by Gasteiger charge is -2.34. The average Bonchev–Trinajstić information content (AvgIpc) is 2.83. The van der Waals surface area contributed by atoms with E-state index in [-0.39, 0.29) is 18.0 Å². The van der Waals surface area contributed by atoms with Crippen LogP contribution in [-0.2, 0) is 28.9 Å². The second-order valence-electron chi connectivity index (χ2n) is 8.36. The standard InChI is InChI=1S/C24H31N5O3/c1-2-32-24(31)29-15-12-21-19(17-29)16-22(27-26-21)28-13-10-20(11-14-28)25-23(30)9-8-18-6-4-3-5-7-18/h3-7,16,20H,2,8-15,17H2,1H3,(H,25,30). The number of nitrogens with one attached hydrogen (secondary N) is 1. The summed E-state index contributed by atoms with van der Waals surface area (Å²) in [6.07, 6.45) is 3.45. The molecule has 0 spiro atoms. The zero-order valence-corrected chi connectivity index (χ0v) is 18.6. The molecule has 1 fully saturated rings. The molecule has 2 aliphatic rings. The number of piperidine rings is 1. The molecule has 32 heavy (non-hydrogen) atoms. The van der Waals surface area contributed by atoms with E-state index in [0.717, 1.165) is 49.4 Å². The third-order valence-corrected chi connectivity index (χ3v) is 6.12. The fourth-order valence-corrected chi connectivity index (χ4v) is 4.30. The number of carbonyl (C=O) groups excluding carboxylic acids is 2. The van der Waals surface area contributed by atoms with E-state index in [1.54, 1.807) is 4.90 Å². The number of aryl methyl sites for hydroxylation is 1. The summed E-state index contributed by atoms with van der Waals surface area (Å²) in [4.78, 5) is 28.3. The quantitative estimate of drug-likeness (QED) is 0.748. The molecule has 2 aliphatic heterocycles. The van der Waals surface area contributed by atoms with Crippen molar-refractivity contribution >= 4 is 17.8 Å². The van der Waals surface area contributed by atoms with Crippen LogP contribution >= 0.6 is 0 Å². The molecule has 170 valence electrons. The molecule has 3 heterocycles. The molecular formula is C24H31N5O3. The molecule has 1 saturated heterocycles. The SMILES string of the molecule is CCOC(=O)N1CCc2nnc(N3CCC(NC(=O)CCc4ccccc4)CC3)cc2C1. The molecule has 1 N–H and O–H groups in total. The number of ether oxygens (including phenoxy) is 1. The van der Waals surface area contributed by atoms with E-state index in [1.165, 1.54) is 5.56 Å². The molecule has 0 unspecified atom stereocenters. The summed E-state index contributed by atoms with van der Waals surface area (Å²) in [5, 5.41) is 12.0. The maximum atomic E-state index is 12.3. The van der Waals surface area contributed by atoms with Crippen LogP contribution in [0.1, 0.15) is 43.0 Å². The Kier molecular flexibility index (Phi) is 7.19.